The van der Waals surface area contributed by atoms with E-state index in [0.29, 0.717) is 11.4 Å². The van der Waals surface area contributed by atoms with E-state index in [4.69, 9.17) is 18.0 Å². The van der Waals surface area contributed by atoms with Gasteiger partial charge in [-0.25, -0.2) is 0 Å². The predicted molar refractivity (Wildman–Crippen MR) is 73.6 cm³/mol. The summed E-state index contributed by atoms with van der Waals surface area (Å²) < 4.78 is 0. The van der Waals surface area contributed by atoms with E-state index in [2.05, 4.69) is 5.32 Å². The Hall–Kier alpha value is -1.42. The molecule has 4 heteroatoms. The van der Waals surface area contributed by atoms with Crippen LogP contribution in [-0.2, 0) is 4.79 Å². The van der Waals surface area contributed by atoms with Crippen molar-refractivity contribution in [2.24, 2.45) is 11.7 Å². The Morgan fingerprint density at radius 3 is 2.47 bits per heavy atom. The van der Waals surface area contributed by atoms with Gasteiger partial charge >= 0.3 is 0 Å². The highest BCUT2D eigenvalue weighted by atomic mass is 32.1. The molecule has 0 aromatic heterocycles. The molecule has 0 aliphatic heterocycles. The average molecular weight is 250 g/mol. The first kappa shape index (κ1) is 13.6. The first-order valence-corrected chi connectivity index (χ1v) is 6.05. The van der Waals surface area contributed by atoms with Crippen molar-refractivity contribution < 1.29 is 4.79 Å². The number of carbonyl (C=O) groups is 1. The minimum Gasteiger partial charge on any atom is -0.393 e. The smallest absolute Gasteiger partial charge is 0.221 e. The molecule has 2 atom stereocenters. The largest absolute Gasteiger partial charge is 0.393 e. The molecule has 1 aromatic carbocycles. The molecule has 3 nitrogen and oxygen atoms in total. The maximum Gasteiger partial charge on any atom is 0.221 e. The highest BCUT2D eigenvalue weighted by Crippen LogP contribution is 2.12. The summed E-state index contributed by atoms with van der Waals surface area (Å²) in [5.74, 6) is -0.0883. The second-order valence-corrected chi connectivity index (χ2v) is 4.68. The van der Waals surface area contributed by atoms with Crippen molar-refractivity contribution in [1.82, 2.24) is 5.32 Å². The van der Waals surface area contributed by atoms with Crippen molar-refractivity contribution in [3.8, 4) is 0 Å². The van der Waals surface area contributed by atoms with Crippen LogP contribution in [0.15, 0.2) is 30.3 Å². The topological polar surface area (TPSA) is 55.1 Å². The number of nitrogens with two attached hydrogens (primary N) is 1. The number of carbonyl (C=O) groups excluding carboxylic acids is 1. The average Bonchev–Trinajstić information content (AvgIpc) is 2.29. The quantitative estimate of drug-likeness (QED) is 0.788. The van der Waals surface area contributed by atoms with Gasteiger partial charge in [-0.15, -0.1) is 0 Å². The first-order valence-electron chi connectivity index (χ1n) is 5.64. The third-order valence-corrected chi connectivity index (χ3v) is 3.06. The molecule has 1 aromatic rings. The molecule has 1 rings (SSSR count). The van der Waals surface area contributed by atoms with E-state index in [-0.39, 0.29) is 17.9 Å². The van der Waals surface area contributed by atoms with Crippen LogP contribution in [0.25, 0.3) is 0 Å². The predicted octanol–water partition coefficient (Wildman–Crippen LogP) is 2.18. The van der Waals surface area contributed by atoms with Gasteiger partial charge in [0, 0.05) is 12.3 Å². The van der Waals surface area contributed by atoms with Gasteiger partial charge in [-0.1, -0.05) is 49.5 Å². The molecule has 92 valence electrons. The normalized spacial score (nSPS) is 13.8. The van der Waals surface area contributed by atoms with Gasteiger partial charge in [-0.2, -0.15) is 0 Å². The number of amides is 1. The van der Waals surface area contributed by atoms with Crippen molar-refractivity contribution in [3.63, 3.8) is 0 Å². The minimum atomic E-state index is -0.0621. The van der Waals surface area contributed by atoms with Crippen LogP contribution in [0.5, 0.6) is 0 Å². The zero-order chi connectivity index (χ0) is 12.8. The van der Waals surface area contributed by atoms with Gasteiger partial charge in [0.15, 0.2) is 0 Å². The van der Waals surface area contributed by atoms with Gasteiger partial charge in [-0.3, -0.25) is 4.79 Å². The molecule has 0 heterocycles. The van der Waals surface area contributed by atoms with Gasteiger partial charge in [0.1, 0.15) is 0 Å². The van der Waals surface area contributed by atoms with E-state index in [1.807, 2.05) is 44.2 Å². The second-order valence-electron chi connectivity index (χ2n) is 4.21. The summed E-state index contributed by atoms with van der Waals surface area (Å²) in [6, 6.07) is 9.84. The van der Waals surface area contributed by atoms with Crippen molar-refractivity contribution in [2.75, 3.05) is 0 Å². The SMILES string of the molecule is CC(CC(=O)NC(C)c1ccccc1)C(N)=S. The maximum absolute atomic E-state index is 11.7. The zero-order valence-electron chi connectivity index (χ0n) is 10.1. The number of rotatable bonds is 5. The molecule has 0 spiro atoms. The third kappa shape index (κ3) is 4.53. The fourth-order valence-electron chi connectivity index (χ4n) is 1.50. The van der Waals surface area contributed by atoms with Gasteiger partial charge in [-0.05, 0) is 12.5 Å². The Morgan fingerprint density at radius 1 is 1.35 bits per heavy atom. The van der Waals surface area contributed by atoms with Crippen LogP contribution in [0.4, 0.5) is 0 Å². The van der Waals surface area contributed by atoms with E-state index in [1.54, 1.807) is 0 Å². The summed E-state index contributed by atoms with van der Waals surface area (Å²) >= 11 is 4.84. The summed E-state index contributed by atoms with van der Waals surface area (Å²) in [6.45, 7) is 3.81. The lowest BCUT2D eigenvalue weighted by Gasteiger charge is -2.16. The van der Waals surface area contributed by atoms with Gasteiger partial charge in [0.05, 0.1) is 11.0 Å². The molecule has 0 saturated heterocycles. The summed E-state index contributed by atoms with van der Waals surface area (Å²) in [7, 11) is 0. The number of hydrogen-bond acceptors (Lipinski definition) is 2. The van der Waals surface area contributed by atoms with Crippen molar-refractivity contribution in [1.29, 1.82) is 0 Å². The minimum absolute atomic E-state index is 0.00208. The number of benzene rings is 1. The van der Waals surface area contributed by atoms with E-state index in [0.717, 1.165) is 5.56 Å². The van der Waals surface area contributed by atoms with Crippen LogP contribution in [0.2, 0.25) is 0 Å². The third-order valence-electron chi connectivity index (χ3n) is 2.65. The second kappa shape index (κ2) is 6.35. The summed E-state index contributed by atoms with van der Waals surface area (Å²) in [6.07, 6.45) is 0.340. The summed E-state index contributed by atoms with van der Waals surface area (Å²) in [5, 5.41) is 2.93. The zero-order valence-corrected chi connectivity index (χ0v) is 11.0. The lowest BCUT2D eigenvalue weighted by atomic mass is 10.1. The standard InChI is InChI=1S/C13H18N2OS/c1-9(13(14)17)8-12(16)15-10(2)11-6-4-3-5-7-11/h3-7,9-10H,8H2,1-2H3,(H2,14,17)(H,15,16). The Bertz CT molecular complexity index is 392. The Kier molecular flexibility index (Phi) is 5.10. The van der Waals surface area contributed by atoms with Crippen LogP contribution < -0.4 is 11.1 Å². The van der Waals surface area contributed by atoms with E-state index >= 15 is 0 Å². The van der Waals surface area contributed by atoms with Crippen LogP contribution in [0, 0.1) is 5.92 Å². The summed E-state index contributed by atoms with van der Waals surface area (Å²) in [5.41, 5.74) is 6.56. The Balaban J connectivity index is 2.49. The number of hydrogen-bond donors (Lipinski definition) is 2. The Labute approximate surface area is 107 Å². The lowest BCUT2D eigenvalue weighted by Crippen LogP contribution is -2.31. The van der Waals surface area contributed by atoms with Gasteiger partial charge < -0.3 is 11.1 Å². The van der Waals surface area contributed by atoms with Crippen molar-refractivity contribution in [3.05, 3.63) is 35.9 Å². The molecule has 0 saturated carbocycles. The molecule has 0 bridgehead atoms. The van der Waals surface area contributed by atoms with Crippen LogP contribution in [0.1, 0.15) is 31.9 Å². The molecule has 0 radical (unpaired) electrons. The van der Waals surface area contributed by atoms with Crippen molar-refractivity contribution in [2.45, 2.75) is 26.3 Å². The molecule has 1 amide bonds. The molecular formula is C13H18N2OS. The highest BCUT2D eigenvalue weighted by Gasteiger charge is 2.14. The molecule has 0 aliphatic carbocycles. The Morgan fingerprint density at radius 2 is 1.94 bits per heavy atom. The molecule has 0 aliphatic rings. The van der Waals surface area contributed by atoms with Gasteiger partial charge in [0.2, 0.25) is 5.91 Å². The van der Waals surface area contributed by atoms with Gasteiger partial charge in [0.25, 0.3) is 0 Å². The monoisotopic (exact) mass is 250 g/mol. The molecule has 0 fully saturated rings. The summed E-state index contributed by atoms with van der Waals surface area (Å²) in [4.78, 5) is 12.1. The van der Waals surface area contributed by atoms with E-state index in [1.165, 1.54) is 0 Å². The fraction of sp³-hybridized carbons (Fsp3) is 0.385. The fourth-order valence-corrected chi connectivity index (χ4v) is 1.59. The molecule has 2 unspecified atom stereocenters. The number of nitrogens with one attached hydrogen (secondary N) is 1. The van der Waals surface area contributed by atoms with Crippen molar-refractivity contribution >= 4 is 23.1 Å². The first-order chi connectivity index (χ1) is 8.00. The van der Waals surface area contributed by atoms with Crippen LogP contribution >= 0.6 is 12.2 Å². The van der Waals surface area contributed by atoms with E-state index < -0.39 is 0 Å². The molecular weight excluding hydrogens is 232 g/mol. The van der Waals surface area contributed by atoms with Crippen LogP contribution in [0.3, 0.4) is 0 Å². The van der Waals surface area contributed by atoms with E-state index in [9.17, 15) is 4.79 Å². The molecule has 17 heavy (non-hydrogen) atoms. The lowest BCUT2D eigenvalue weighted by molar-refractivity contribution is -0.122. The van der Waals surface area contributed by atoms with Crippen LogP contribution in [-0.4, -0.2) is 10.9 Å². The highest BCUT2D eigenvalue weighted by molar-refractivity contribution is 7.80. The maximum atomic E-state index is 11.7. The molecule has 3 N–H and O–H groups in total. The number of thiocarbonyl (C=S) groups is 1.